The molecule has 17 heavy (non-hydrogen) atoms. The van der Waals surface area contributed by atoms with E-state index >= 15 is 0 Å². The average Bonchev–Trinajstić information content (AvgIpc) is 3.03. The molecule has 1 atom stereocenters. The Labute approximate surface area is 103 Å². The van der Waals surface area contributed by atoms with Gasteiger partial charge in [0.1, 0.15) is 5.75 Å². The van der Waals surface area contributed by atoms with Crippen LogP contribution >= 0.6 is 0 Å². The minimum atomic E-state index is 0.372. The topological polar surface area (TPSA) is 32.3 Å². The van der Waals surface area contributed by atoms with Gasteiger partial charge in [0.25, 0.3) is 0 Å². The molecule has 1 saturated carbocycles. The Balaban J connectivity index is 1.88. The number of benzene rings is 1. The Morgan fingerprint density at radius 2 is 1.88 bits per heavy atom. The molecule has 0 aromatic heterocycles. The molecule has 1 aromatic rings. The first-order chi connectivity index (χ1) is 8.34. The number of phenols is 1. The van der Waals surface area contributed by atoms with E-state index in [0.29, 0.717) is 11.8 Å². The first-order valence-corrected chi connectivity index (χ1v) is 6.91. The fraction of sp³-hybridized carbons (Fsp3) is 0.600. The van der Waals surface area contributed by atoms with Crippen LogP contribution < -0.4 is 5.32 Å². The van der Waals surface area contributed by atoms with Gasteiger partial charge in [0.05, 0.1) is 0 Å². The molecule has 1 aliphatic carbocycles. The molecule has 2 heteroatoms. The summed E-state index contributed by atoms with van der Waals surface area (Å²) in [4.78, 5) is 0. The van der Waals surface area contributed by atoms with Gasteiger partial charge in [-0.3, -0.25) is 0 Å². The molecule has 0 spiro atoms. The molecule has 3 rings (SSSR count). The zero-order valence-electron chi connectivity index (χ0n) is 10.3. The minimum Gasteiger partial charge on any atom is -0.508 e. The highest BCUT2D eigenvalue weighted by Gasteiger charge is 2.22. The Morgan fingerprint density at radius 1 is 1.06 bits per heavy atom. The first-order valence-electron chi connectivity index (χ1n) is 6.91. The van der Waals surface area contributed by atoms with Crippen molar-refractivity contribution in [2.24, 2.45) is 0 Å². The van der Waals surface area contributed by atoms with Gasteiger partial charge in [-0.15, -0.1) is 0 Å². The summed E-state index contributed by atoms with van der Waals surface area (Å²) < 4.78 is 0. The molecule has 0 unspecified atom stereocenters. The van der Waals surface area contributed by atoms with Gasteiger partial charge in [-0.2, -0.15) is 0 Å². The van der Waals surface area contributed by atoms with Crippen LogP contribution in [0.5, 0.6) is 5.75 Å². The van der Waals surface area contributed by atoms with E-state index in [2.05, 4.69) is 17.4 Å². The van der Waals surface area contributed by atoms with Gasteiger partial charge in [0.2, 0.25) is 0 Å². The second-order valence-corrected chi connectivity index (χ2v) is 5.45. The number of aromatic hydroxyl groups is 1. The van der Waals surface area contributed by atoms with Crippen LogP contribution in [0, 0.1) is 0 Å². The van der Waals surface area contributed by atoms with Crippen molar-refractivity contribution in [2.75, 3.05) is 6.54 Å². The number of nitrogens with one attached hydrogen (secondary N) is 1. The van der Waals surface area contributed by atoms with Crippen LogP contribution in [0.1, 0.15) is 61.6 Å². The van der Waals surface area contributed by atoms with E-state index < -0.39 is 0 Å². The molecule has 2 fully saturated rings. The maximum atomic E-state index is 10.00. The number of hydrogen-bond donors (Lipinski definition) is 2. The predicted molar refractivity (Wildman–Crippen MR) is 69.3 cm³/mol. The fourth-order valence-electron chi connectivity index (χ4n) is 3.32. The van der Waals surface area contributed by atoms with Gasteiger partial charge >= 0.3 is 0 Å². The normalized spacial score (nSPS) is 25.5. The van der Waals surface area contributed by atoms with Crippen molar-refractivity contribution < 1.29 is 5.11 Å². The molecule has 0 amide bonds. The summed E-state index contributed by atoms with van der Waals surface area (Å²) in [6.45, 7) is 1.08. The SMILES string of the molecule is Oc1ccc(C2CCCC2)cc1[C@@H]1CCCN1. The van der Waals surface area contributed by atoms with Crippen LogP contribution in [0.25, 0.3) is 0 Å². The highest BCUT2D eigenvalue weighted by atomic mass is 16.3. The number of rotatable bonds is 2. The quantitative estimate of drug-likeness (QED) is 0.816. The summed E-state index contributed by atoms with van der Waals surface area (Å²) in [7, 11) is 0. The summed E-state index contributed by atoms with van der Waals surface area (Å²) >= 11 is 0. The molecule has 1 aromatic carbocycles. The highest BCUT2D eigenvalue weighted by Crippen LogP contribution is 2.38. The molecule has 0 radical (unpaired) electrons. The maximum absolute atomic E-state index is 10.00. The Morgan fingerprint density at radius 3 is 2.59 bits per heavy atom. The van der Waals surface area contributed by atoms with Crippen molar-refractivity contribution in [2.45, 2.75) is 50.5 Å². The third-order valence-corrected chi connectivity index (χ3v) is 4.31. The van der Waals surface area contributed by atoms with Crippen LogP contribution in [0.2, 0.25) is 0 Å². The molecule has 1 aliphatic heterocycles. The highest BCUT2D eigenvalue weighted by molar-refractivity contribution is 5.40. The Kier molecular flexibility index (Phi) is 3.06. The Bertz CT molecular complexity index is 390. The summed E-state index contributed by atoms with van der Waals surface area (Å²) in [6, 6.07) is 6.62. The van der Waals surface area contributed by atoms with Gasteiger partial charge in [0.15, 0.2) is 0 Å². The van der Waals surface area contributed by atoms with Crippen LogP contribution in [-0.4, -0.2) is 11.7 Å². The van der Waals surface area contributed by atoms with Crippen molar-refractivity contribution in [3.63, 3.8) is 0 Å². The van der Waals surface area contributed by atoms with Crippen molar-refractivity contribution in [3.05, 3.63) is 29.3 Å². The summed E-state index contributed by atoms with van der Waals surface area (Å²) in [5.41, 5.74) is 2.55. The van der Waals surface area contributed by atoms with Crippen molar-refractivity contribution >= 4 is 0 Å². The number of phenolic OH excluding ortho intramolecular Hbond substituents is 1. The van der Waals surface area contributed by atoms with Crippen LogP contribution in [0.15, 0.2) is 18.2 Å². The monoisotopic (exact) mass is 231 g/mol. The Hall–Kier alpha value is -1.02. The summed E-state index contributed by atoms with van der Waals surface area (Å²) in [5, 5.41) is 13.5. The van der Waals surface area contributed by atoms with E-state index in [1.54, 1.807) is 0 Å². The molecule has 92 valence electrons. The van der Waals surface area contributed by atoms with Gasteiger partial charge < -0.3 is 10.4 Å². The van der Waals surface area contributed by atoms with Crippen molar-refractivity contribution in [3.8, 4) is 5.75 Å². The lowest BCUT2D eigenvalue weighted by Crippen LogP contribution is -2.13. The predicted octanol–water partition coefficient (Wildman–Crippen LogP) is 3.47. The van der Waals surface area contributed by atoms with Crippen LogP contribution in [0.4, 0.5) is 0 Å². The van der Waals surface area contributed by atoms with Crippen LogP contribution in [-0.2, 0) is 0 Å². The van der Waals surface area contributed by atoms with E-state index in [4.69, 9.17) is 0 Å². The van der Waals surface area contributed by atoms with E-state index in [9.17, 15) is 5.11 Å². The lowest BCUT2D eigenvalue weighted by Gasteiger charge is -2.16. The van der Waals surface area contributed by atoms with Gasteiger partial charge in [-0.05, 0) is 49.8 Å². The number of hydrogen-bond acceptors (Lipinski definition) is 2. The zero-order valence-corrected chi connectivity index (χ0v) is 10.3. The summed E-state index contributed by atoms with van der Waals surface area (Å²) in [5.74, 6) is 1.20. The van der Waals surface area contributed by atoms with Crippen molar-refractivity contribution in [1.29, 1.82) is 0 Å². The van der Waals surface area contributed by atoms with E-state index in [0.717, 1.165) is 24.4 Å². The van der Waals surface area contributed by atoms with E-state index in [-0.39, 0.29) is 0 Å². The van der Waals surface area contributed by atoms with Crippen LogP contribution in [0.3, 0.4) is 0 Å². The van der Waals surface area contributed by atoms with Gasteiger partial charge in [-0.25, -0.2) is 0 Å². The van der Waals surface area contributed by atoms with E-state index in [1.165, 1.54) is 37.7 Å². The lowest BCUT2D eigenvalue weighted by molar-refractivity contribution is 0.456. The average molecular weight is 231 g/mol. The third-order valence-electron chi connectivity index (χ3n) is 4.31. The van der Waals surface area contributed by atoms with Gasteiger partial charge in [-0.1, -0.05) is 25.0 Å². The summed E-state index contributed by atoms with van der Waals surface area (Å²) in [6.07, 6.45) is 7.75. The molecular formula is C15H21NO. The third kappa shape index (κ3) is 2.19. The van der Waals surface area contributed by atoms with Crippen molar-refractivity contribution in [1.82, 2.24) is 5.32 Å². The molecule has 2 N–H and O–H groups in total. The maximum Gasteiger partial charge on any atom is 0.120 e. The smallest absolute Gasteiger partial charge is 0.120 e. The molecule has 1 saturated heterocycles. The standard InChI is InChI=1S/C15H21NO/c17-15-8-7-12(11-4-1-2-5-11)10-13(15)14-6-3-9-16-14/h7-8,10-11,14,16-17H,1-6,9H2/t14-/m0/s1. The second-order valence-electron chi connectivity index (χ2n) is 5.45. The lowest BCUT2D eigenvalue weighted by atomic mass is 9.93. The molecule has 2 aliphatic rings. The minimum absolute atomic E-state index is 0.372. The molecule has 2 nitrogen and oxygen atoms in total. The molecule has 1 heterocycles. The molecular weight excluding hydrogens is 210 g/mol. The fourth-order valence-corrected chi connectivity index (χ4v) is 3.32. The molecule has 0 bridgehead atoms. The van der Waals surface area contributed by atoms with E-state index in [1.807, 2.05) is 6.07 Å². The van der Waals surface area contributed by atoms with Gasteiger partial charge in [0, 0.05) is 11.6 Å². The second kappa shape index (κ2) is 4.69. The first kappa shape index (κ1) is 11.1. The zero-order chi connectivity index (χ0) is 11.7. The largest absolute Gasteiger partial charge is 0.508 e.